The zero-order chi connectivity index (χ0) is 16.4. The van der Waals surface area contributed by atoms with Crippen LogP contribution in [0.5, 0.6) is 0 Å². The van der Waals surface area contributed by atoms with Gasteiger partial charge in [-0.3, -0.25) is 9.78 Å². The summed E-state index contributed by atoms with van der Waals surface area (Å²) in [4.78, 5) is 18.5. The number of halogens is 1. The maximum atomic E-state index is 12.7. The molecule has 0 radical (unpaired) electrons. The molecule has 7 nitrogen and oxygen atoms in total. The first kappa shape index (κ1) is 18.4. The summed E-state index contributed by atoms with van der Waals surface area (Å²) in [5.41, 5.74) is 0.919. The van der Waals surface area contributed by atoms with Crippen LogP contribution in [0.25, 0.3) is 0 Å². The summed E-state index contributed by atoms with van der Waals surface area (Å²) in [7, 11) is -3.47. The van der Waals surface area contributed by atoms with Crippen molar-refractivity contribution in [3.63, 3.8) is 0 Å². The van der Waals surface area contributed by atoms with E-state index in [0.717, 1.165) is 11.8 Å². The van der Waals surface area contributed by atoms with Crippen LogP contribution in [0.1, 0.15) is 22.2 Å². The monoisotopic (exact) mass is 371 g/mol. The molecule has 3 rings (SSSR count). The number of piperazine rings is 1. The molecule has 1 aliphatic rings. The molecular formula is C15H18ClN3O4S. The second-order valence-electron chi connectivity index (χ2n) is 5.40. The largest absolute Gasteiger partial charge is 0.440 e. The average molecular weight is 372 g/mol. The molecule has 0 aliphatic carbocycles. The molecule has 24 heavy (non-hydrogen) atoms. The Bertz CT molecular complexity index is 807. The predicted octanol–water partition coefficient (Wildman–Crippen LogP) is 1.29. The average Bonchev–Trinajstić information content (AvgIpc) is 3.05. The first-order chi connectivity index (χ1) is 11.0. The van der Waals surface area contributed by atoms with E-state index in [-0.39, 0.29) is 35.2 Å². The first-order valence-corrected chi connectivity index (χ1v) is 9.07. The Morgan fingerprint density at radius 3 is 2.79 bits per heavy atom. The molecule has 1 fully saturated rings. The number of furan rings is 1. The van der Waals surface area contributed by atoms with Gasteiger partial charge in [-0.05, 0) is 23.8 Å². The van der Waals surface area contributed by atoms with Crippen molar-refractivity contribution in [3.05, 3.63) is 48.0 Å². The topological polar surface area (TPSA) is 92.5 Å². The predicted molar refractivity (Wildman–Crippen MR) is 90.0 cm³/mol. The molecule has 0 saturated carbocycles. The summed E-state index contributed by atoms with van der Waals surface area (Å²) in [5, 5.41) is 3.05. The Morgan fingerprint density at radius 2 is 2.17 bits per heavy atom. The molecule has 1 saturated heterocycles. The van der Waals surface area contributed by atoms with Gasteiger partial charge in [0.2, 0.25) is 14.9 Å². The van der Waals surface area contributed by atoms with Crippen LogP contribution in [0.4, 0.5) is 0 Å². The Kier molecular flexibility index (Phi) is 5.63. The molecule has 0 spiro atoms. The number of carbonyl (C=O) groups excluding carboxylic acids is 1. The van der Waals surface area contributed by atoms with Gasteiger partial charge >= 0.3 is 0 Å². The zero-order valence-corrected chi connectivity index (χ0v) is 14.6. The number of pyridine rings is 1. The number of hydrogen-bond donors (Lipinski definition) is 1. The molecular weight excluding hydrogens is 354 g/mol. The quantitative estimate of drug-likeness (QED) is 0.873. The van der Waals surface area contributed by atoms with Crippen molar-refractivity contribution >= 4 is 28.2 Å². The molecule has 3 heterocycles. The molecule has 1 N–H and O–H groups in total. The Labute approximate surface area is 146 Å². The molecule has 1 unspecified atom stereocenters. The molecule has 2 aromatic heterocycles. The second-order valence-corrected chi connectivity index (χ2v) is 7.34. The van der Waals surface area contributed by atoms with Crippen molar-refractivity contribution < 1.29 is 17.6 Å². The summed E-state index contributed by atoms with van der Waals surface area (Å²) >= 11 is 0. The van der Waals surface area contributed by atoms with Crippen molar-refractivity contribution in [2.75, 3.05) is 25.9 Å². The highest BCUT2D eigenvalue weighted by atomic mass is 35.5. The van der Waals surface area contributed by atoms with Crippen LogP contribution >= 0.6 is 12.4 Å². The number of hydrogen-bond acceptors (Lipinski definition) is 6. The number of sulfone groups is 1. The molecule has 1 atom stereocenters. The molecule has 130 valence electrons. The molecule has 2 aromatic rings. The van der Waals surface area contributed by atoms with Crippen LogP contribution in [-0.2, 0) is 9.84 Å². The van der Waals surface area contributed by atoms with Gasteiger partial charge in [0.1, 0.15) is 0 Å². The van der Waals surface area contributed by atoms with Crippen molar-refractivity contribution in [1.82, 2.24) is 15.2 Å². The third-order valence-corrected chi connectivity index (χ3v) is 4.68. The molecule has 1 amide bonds. The van der Waals surface area contributed by atoms with Gasteiger partial charge in [-0.2, -0.15) is 0 Å². The highest BCUT2D eigenvalue weighted by molar-refractivity contribution is 7.90. The highest BCUT2D eigenvalue weighted by Gasteiger charge is 2.30. The number of aromatic nitrogens is 1. The van der Waals surface area contributed by atoms with Crippen molar-refractivity contribution in [2.45, 2.75) is 11.1 Å². The summed E-state index contributed by atoms with van der Waals surface area (Å²) < 4.78 is 28.2. The normalized spacial score (nSPS) is 18.0. The van der Waals surface area contributed by atoms with Gasteiger partial charge in [-0.1, -0.05) is 6.07 Å². The number of amides is 1. The van der Waals surface area contributed by atoms with E-state index < -0.39 is 9.84 Å². The second kappa shape index (κ2) is 7.33. The maximum Gasteiger partial charge on any atom is 0.290 e. The fourth-order valence-electron chi connectivity index (χ4n) is 2.59. The van der Waals surface area contributed by atoms with Crippen LogP contribution in [0, 0.1) is 0 Å². The van der Waals surface area contributed by atoms with Gasteiger partial charge in [0, 0.05) is 38.3 Å². The fourth-order valence-corrected chi connectivity index (χ4v) is 3.15. The van der Waals surface area contributed by atoms with E-state index in [0.29, 0.717) is 19.6 Å². The number of carbonyl (C=O) groups is 1. The van der Waals surface area contributed by atoms with Crippen LogP contribution < -0.4 is 5.32 Å². The standard InChI is InChI=1S/C15H17N3O4S.ClH/c1-23(20,21)14-5-4-13(22-14)15(19)18-8-7-17-10-12(18)11-3-2-6-16-9-11;/h2-6,9,12,17H,7-8,10H2,1H3;1H. The van der Waals surface area contributed by atoms with Gasteiger partial charge in [-0.25, -0.2) is 8.42 Å². The molecule has 0 aromatic carbocycles. The minimum Gasteiger partial charge on any atom is -0.440 e. The molecule has 9 heteroatoms. The van der Waals surface area contributed by atoms with Crippen molar-refractivity contribution in [3.8, 4) is 0 Å². The number of nitrogens with zero attached hydrogens (tertiary/aromatic N) is 2. The van der Waals surface area contributed by atoms with E-state index in [2.05, 4.69) is 10.3 Å². The molecule has 1 aliphatic heterocycles. The van der Waals surface area contributed by atoms with Crippen LogP contribution in [0.3, 0.4) is 0 Å². The highest BCUT2D eigenvalue weighted by Crippen LogP contribution is 2.25. The molecule has 0 bridgehead atoms. The minimum absolute atomic E-state index is 0. The SMILES string of the molecule is CS(=O)(=O)c1ccc(C(=O)N2CCNCC2c2cccnc2)o1.Cl. The summed E-state index contributed by atoms with van der Waals surface area (Å²) in [5.74, 6) is -0.295. The lowest BCUT2D eigenvalue weighted by Crippen LogP contribution is -2.48. The number of nitrogens with one attached hydrogen (secondary N) is 1. The summed E-state index contributed by atoms with van der Waals surface area (Å²) in [6.45, 7) is 1.78. The van der Waals surface area contributed by atoms with Gasteiger partial charge in [0.05, 0.1) is 6.04 Å². The van der Waals surface area contributed by atoms with Gasteiger partial charge in [0.15, 0.2) is 5.76 Å². The van der Waals surface area contributed by atoms with Crippen molar-refractivity contribution in [1.29, 1.82) is 0 Å². The lowest BCUT2D eigenvalue weighted by Gasteiger charge is -2.35. The summed E-state index contributed by atoms with van der Waals surface area (Å²) in [6.07, 6.45) is 4.45. The van der Waals surface area contributed by atoms with Crippen LogP contribution in [-0.4, -0.2) is 50.1 Å². The summed E-state index contributed by atoms with van der Waals surface area (Å²) in [6, 6.07) is 6.28. The van der Waals surface area contributed by atoms with Crippen molar-refractivity contribution in [2.24, 2.45) is 0 Å². The van der Waals surface area contributed by atoms with E-state index in [1.54, 1.807) is 17.3 Å². The zero-order valence-electron chi connectivity index (χ0n) is 13.0. The van der Waals surface area contributed by atoms with E-state index in [9.17, 15) is 13.2 Å². The Hall–Kier alpha value is -1.90. The number of rotatable bonds is 3. The minimum atomic E-state index is -3.47. The smallest absolute Gasteiger partial charge is 0.290 e. The van der Waals surface area contributed by atoms with E-state index in [1.165, 1.54) is 12.1 Å². The lowest BCUT2D eigenvalue weighted by atomic mass is 10.1. The maximum absolute atomic E-state index is 12.7. The van der Waals surface area contributed by atoms with Crippen LogP contribution in [0.15, 0.2) is 46.2 Å². The van der Waals surface area contributed by atoms with Crippen LogP contribution in [0.2, 0.25) is 0 Å². The van der Waals surface area contributed by atoms with Gasteiger partial charge in [-0.15, -0.1) is 12.4 Å². The van der Waals surface area contributed by atoms with E-state index >= 15 is 0 Å². The van der Waals surface area contributed by atoms with Gasteiger partial charge in [0.25, 0.3) is 5.91 Å². The third kappa shape index (κ3) is 3.77. The Balaban J connectivity index is 0.00000208. The first-order valence-electron chi connectivity index (χ1n) is 7.18. The lowest BCUT2D eigenvalue weighted by molar-refractivity contribution is 0.0595. The van der Waals surface area contributed by atoms with Gasteiger partial charge < -0.3 is 14.6 Å². The Morgan fingerprint density at radius 1 is 1.38 bits per heavy atom. The third-order valence-electron chi connectivity index (χ3n) is 3.73. The van der Waals surface area contributed by atoms with E-state index in [4.69, 9.17) is 4.42 Å². The van der Waals surface area contributed by atoms with E-state index in [1.807, 2.05) is 12.1 Å². The fraction of sp³-hybridized carbons (Fsp3) is 0.333.